The van der Waals surface area contributed by atoms with Crippen LogP contribution in [0.5, 0.6) is 0 Å². The van der Waals surface area contributed by atoms with Crippen LogP contribution >= 0.6 is 0 Å². The van der Waals surface area contributed by atoms with Crippen LogP contribution in [-0.2, 0) is 19.1 Å². The number of alkyl halides is 3. The van der Waals surface area contributed by atoms with Crippen LogP contribution in [0.4, 0.5) is 18.0 Å². The fourth-order valence-electron chi connectivity index (χ4n) is 3.89. The van der Waals surface area contributed by atoms with Gasteiger partial charge in [0.25, 0.3) is 0 Å². The smallest absolute Gasteiger partial charge is 0.480 e. The first kappa shape index (κ1) is 20.3. The van der Waals surface area contributed by atoms with E-state index in [0.717, 1.165) is 4.90 Å². The summed E-state index contributed by atoms with van der Waals surface area (Å²) in [5, 5.41) is 18.7. The van der Waals surface area contributed by atoms with Crippen LogP contribution in [0.2, 0.25) is 0 Å². The van der Waals surface area contributed by atoms with E-state index in [-0.39, 0.29) is 31.6 Å². The molecule has 1 aliphatic heterocycles. The van der Waals surface area contributed by atoms with Gasteiger partial charge in [-0.05, 0) is 30.3 Å². The summed E-state index contributed by atoms with van der Waals surface area (Å²) >= 11 is 0. The van der Waals surface area contributed by atoms with E-state index in [1.54, 1.807) is 6.92 Å². The molecule has 1 saturated heterocycles. The number of carbonyl (C=O) groups is 2. The number of likely N-dealkylation sites (tertiary alicyclic amines) is 1. The monoisotopic (exact) mass is 401 g/mol. The Morgan fingerprint density at radius 2 is 2.00 bits per heavy atom. The van der Waals surface area contributed by atoms with Crippen molar-refractivity contribution in [3.05, 3.63) is 11.8 Å². The van der Waals surface area contributed by atoms with Gasteiger partial charge in [-0.25, -0.2) is 9.59 Å². The third-order valence-corrected chi connectivity index (χ3v) is 6.03. The average molecular weight is 401 g/mol. The van der Waals surface area contributed by atoms with Crippen molar-refractivity contribution in [3.8, 4) is 0 Å². The van der Waals surface area contributed by atoms with E-state index in [0.29, 0.717) is 6.42 Å². The summed E-state index contributed by atoms with van der Waals surface area (Å²) in [4.78, 5) is 23.7. The molecular formula is C14H18F3NO7S. The van der Waals surface area contributed by atoms with Crippen molar-refractivity contribution in [1.29, 1.82) is 0 Å². The van der Waals surface area contributed by atoms with Gasteiger partial charge in [0, 0.05) is 13.0 Å². The Balaban J connectivity index is 2.26. The van der Waals surface area contributed by atoms with Crippen molar-refractivity contribution in [2.24, 2.45) is 11.3 Å². The highest BCUT2D eigenvalue weighted by Gasteiger charge is 2.56. The molecule has 26 heavy (non-hydrogen) atoms. The summed E-state index contributed by atoms with van der Waals surface area (Å²) in [5.74, 6) is -2.21. The summed E-state index contributed by atoms with van der Waals surface area (Å²) in [5.41, 5.74) is -6.33. The molecule has 1 fully saturated rings. The maximum atomic E-state index is 12.4. The number of nitrogens with zero attached hydrogens (tertiary/aromatic N) is 1. The highest BCUT2D eigenvalue weighted by molar-refractivity contribution is 7.87. The van der Waals surface area contributed by atoms with Crippen molar-refractivity contribution >= 4 is 22.2 Å². The molecule has 0 bridgehead atoms. The number of hydrogen-bond acceptors (Lipinski definition) is 5. The number of halogens is 3. The van der Waals surface area contributed by atoms with Crippen LogP contribution < -0.4 is 0 Å². The Labute approximate surface area is 147 Å². The predicted molar refractivity (Wildman–Crippen MR) is 80.4 cm³/mol. The largest absolute Gasteiger partial charge is 0.534 e. The molecule has 8 nitrogen and oxygen atoms in total. The molecule has 3 unspecified atom stereocenters. The Morgan fingerprint density at radius 1 is 1.38 bits per heavy atom. The van der Waals surface area contributed by atoms with E-state index < -0.39 is 45.1 Å². The van der Waals surface area contributed by atoms with E-state index in [1.165, 1.54) is 6.08 Å². The quantitative estimate of drug-likeness (QED) is 0.548. The molecule has 1 heterocycles. The maximum Gasteiger partial charge on any atom is 0.534 e. The normalized spacial score (nSPS) is 29.5. The second kappa shape index (κ2) is 6.63. The molecule has 2 rings (SSSR count). The molecule has 1 amide bonds. The molecule has 3 atom stereocenters. The maximum absolute atomic E-state index is 12.4. The molecule has 148 valence electrons. The van der Waals surface area contributed by atoms with Crippen molar-refractivity contribution in [1.82, 2.24) is 4.90 Å². The topological polar surface area (TPSA) is 121 Å². The molecule has 12 heteroatoms. The number of rotatable bonds is 4. The van der Waals surface area contributed by atoms with Crippen LogP contribution in [0, 0.1) is 11.3 Å². The Bertz CT molecular complexity index is 733. The lowest BCUT2D eigenvalue weighted by Gasteiger charge is -2.37. The molecule has 0 aromatic rings. The number of allylic oxidation sites excluding steroid dienone is 2. The van der Waals surface area contributed by atoms with Crippen molar-refractivity contribution in [2.75, 3.05) is 6.54 Å². The van der Waals surface area contributed by atoms with E-state index in [2.05, 4.69) is 4.18 Å². The highest BCUT2D eigenvalue weighted by atomic mass is 32.2. The number of aliphatic carboxylic acids is 1. The van der Waals surface area contributed by atoms with E-state index >= 15 is 0 Å². The highest BCUT2D eigenvalue weighted by Crippen LogP contribution is 2.51. The lowest BCUT2D eigenvalue weighted by molar-refractivity contribution is -0.143. The standard InChI is InChI=1S/C14H18F3NO7S/c1-2-9-10(11(19)20)18(12(21)22)7-13(9)5-3-8(4-6-13)25-26(23,24)14(15,16)17/h3,9-10H,2,4-7H2,1H3,(H,19,20)(H,21,22). The number of carboxylic acids is 1. The molecule has 2 aliphatic rings. The second-order valence-electron chi connectivity index (χ2n) is 6.43. The lowest BCUT2D eigenvalue weighted by atomic mass is 9.67. The first-order valence-corrected chi connectivity index (χ1v) is 9.17. The molecule has 0 radical (unpaired) electrons. The Morgan fingerprint density at radius 3 is 2.38 bits per heavy atom. The van der Waals surface area contributed by atoms with Gasteiger partial charge in [-0.2, -0.15) is 21.6 Å². The predicted octanol–water partition coefficient (Wildman–Crippen LogP) is 2.38. The summed E-state index contributed by atoms with van der Waals surface area (Å²) in [6, 6.07) is -1.26. The average Bonchev–Trinajstić information content (AvgIpc) is 2.83. The fraction of sp³-hybridized carbons (Fsp3) is 0.714. The summed E-state index contributed by atoms with van der Waals surface area (Å²) in [7, 11) is -5.77. The van der Waals surface area contributed by atoms with E-state index in [1.807, 2.05) is 0 Å². The molecule has 1 aliphatic carbocycles. The summed E-state index contributed by atoms with van der Waals surface area (Å²) < 4.78 is 63.5. The fourth-order valence-corrected chi connectivity index (χ4v) is 4.42. The van der Waals surface area contributed by atoms with Gasteiger partial charge in [-0.15, -0.1) is 0 Å². The van der Waals surface area contributed by atoms with Gasteiger partial charge in [0.1, 0.15) is 11.8 Å². The minimum absolute atomic E-state index is 0.0295. The molecule has 0 aromatic heterocycles. The summed E-state index contributed by atoms with van der Waals surface area (Å²) in [6.07, 6.45) is 0.134. The zero-order chi connectivity index (χ0) is 19.9. The SMILES string of the molecule is CCC1C(C(=O)O)N(C(=O)O)CC12CC=C(OS(=O)(=O)C(F)(F)F)CC2. The summed E-state index contributed by atoms with van der Waals surface area (Å²) in [6.45, 7) is 1.62. The van der Waals surface area contributed by atoms with Crippen LogP contribution in [0.15, 0.2) is 11.8 Å². The van der Waals surface area contributed by atoms with Crippen LogP contribution in [0.25, 0.3) is 0 Å². The minimum atomic E-state index is -5.77. The third-order valence-electron chi connectivity index (χ3n) is 5.03. The van der Waals surface area contributed by atoms with Gasteiger partial charge >= 0.3 is 27.7 Å². The second-order valence-corrected chi connectivity index (χ2v) is 7.97. The van der Waals surface area contributed by atoms with Gasteiger partial charge in [-0.1, -0.05) is 13.3 Å². The molecule has 2 N–H and O–H groups in total. The van der Waals surface area contributed by atoms with Gasteiger partial charge in [0.05, 0.1) is 0 Å². The molecular weight excluding hydrogens is 383 g/mol. The number of hydrogen-bond donors (Lipinski definition) is 2. The van der Waals surface area contributed by atoms with Crippen LogP contribution in [-0.4, -0.2) is 53.7 Å². The van der Waals surface area contributed by atoms with Crippen molar-refractivity contribution in [2.45, 2.75) is 44.2 Å². The third kappa shape index (κ3) is 3.46. The Kier molecular flexibility index (Phi) is 5.19. The zero-order valence-corrected chi connectivity index (χ0v) is 14.5. The van der Waals surface area contributed by atoms with Gasteiger partial charge in [0.2, 0.25) is 0 Å². The van der Waals surface area contributed by atoms with Crippen molar-refractivity contribution < 1.29 is 45.6 Å². The van der Waals surface area contributed by atoms with Crippen LogP contribution in [0.1, 0.15) is 32.6 Å². The molecule has 0 aromatic carbocycles. The number of carboxylic acid groups (broad SMARTS) is 2. The number of amides is 1. The van der Waals surface area contributed by atoms with Crippen LogP contribution in [0.3, 0.4) is 0 Å². The van der Waals surface area contributed by atoms with Gasteiger partial charge in [0.15, 0.2) is 0 Å². The zero-order valence-electron chi connectivity index (χ0n) is 13.7. The minimum Gasteiger partial charge on any atom is -0.480 e. The molecule has 1 spiro atoms. The van der Waals surface area contributed by atoms with Gasteiger partial charge in [-0.3, -0.25) is 4.90 Å². The van der Waals surface area contributed by atoms with E-state index in [4.69, 9.17) is 0 Å². The first-order valence-electron chi connectivity index (χ1n) is 7.77. The van der Waals surface area contributed by atoms with E-state index in [9.17, 15) is 41.4 Å². The lowest BCUT2D eigenvalue weighted by Crippen LogP contribution is -2.42. The molecule has 0 saturated carbocycles. The first-order chi connectivity index (χ1) is 11.8. The van der Waals surface area contributed by atoms with Gasteiger partial charge < -0.3 is 14.4 Å². The Hall–Kier alpha value is -1.98. The van der Waals surface area contributed by atoms with Crippen molar-refractivity contribution in [3.63, 3.8) is 0 Å².